The van der Waals surface area contributed by atoms with Crippen LogP contribution in [0.15, 0.2) is 58.9 Å². The van der Waals surface area contributed by atoms with Crippen molar-refractivity contribution >= 4 is 41.2 Å². The van der Waals surface area contributed by atoms with Gasteiger partial charge in [-0.2, -0.15) is 4.98 Å². The Morgan fingerprint density at radius 3 is 2.70 bits per heavy atom. The van der Waals surface area contributed by atoms with Crippen LogP contribution in [0.5, 0.6) is 11.5 Å². The van der Waals surface area contributed by atoms with Gasteiger partial charge in [0.25, 0.3) is 5.91 Å². The molecule has 1 fully saturated rings. The van der Waals surface area contributed by atoms with Crippen molar-refractivity contribution in [3.8, 4) is 11.5 Å². The molecular formula is C30H34ClN5O6S. The second-order valence-corrected chi connectivity index (χ2v) is 11.3. The summed E-state index contributed by atoms with van der Waals surface area (Å²) in [5, 5.41) is 9.20. The largest absolute Gasteiger partial charge is 0.493 e. The van der Waals surface area contributed by atoms with Crippen LogP contribution in [0.3, 0.4) is 0 Å². The fourth-order valence-electron chi connectivity index (χ4n) is 4.81. The summed E-state index contributed by atoms with van der Waals surface area (Å²) >= 11 is 7.80. The van der Waals surface area contributed by atoms with Gasteiger partial charge >= 0.3 is 5.97 Å². The number of methoxy groups -OCH3 is 1. The number of carbonyl (C=O) groups is 2. The molecule has 1 amide bonds. The number of ether oxygens (including phenoxy) is 4. The Balaban J connectivity index is 1.43. The number of hydrogen-bond donors (Lipinski definition) is 1. The third kappa shape index (κ3) is 7.09. The van der Waals surface area contributed by atoms with E-state index in [4.69, 9.17) is 40.6 Å². The summed E-state index contributed by atoms with van der Waals surface area (Å²) < 4.78 is 24.1. The number of allylic oxidation sites excluding steroid dienone is 1. The van der Waals surface area contributed by atoms with E-state index in [9.17, 15) is 9.59 Å². The molecule has 1 atom stereocenters. The first kappa shape index (κ1) is 30.7. The molecule has 0 radical (unpaired) electrons. The minimum absolute atomic E-state index is 0.124. The molecule has 1 aromatic heterocycles. The molecule has 11 nitrogen and oxygen atoms in total. The van der Waals surface area contributed by atoms with Crippen molar-refractivity contribution in [2.75, 3.05) is 51.9 Å². The van der Waals surface area contributed by atoms with Crippen molar-refractivity contribution in [2.45, 2.75) is 37.2 Å². The number of amides is 1. The topological polar surface area (TPSA) is 117 Å². The molecule has 5 rings (SSSR count). The molecule has 2 aromatic carbocycles. The summed E-state index contributed by atoms with van der Waals surface area (Å²) in [5.74, 6) is 1.33. The van der Waals surface area contributed by atoms with Crippen LogP contribution in [0.2, 0.25) is 5.02 Å². The fraction of sp³-hybridized carbons (Fsp3) is 0.400. The van der Waals surface area contributed by atoms with Crippen LogP contribution in [0.25, 0.3) is 0 Å². The van der Waals surface area contributed by atoms with E-state index in [0.717, 1.165) is 5.56 Å². The molecule has 0 spiro atoms. The highest BCUT2D eigenvalue weighted by molar-refractivity contribution is 7.98. The number of anilines is 1. The van der Waals surface area contributed by atoms with Crippen LogP contribution in [-0.2, 0) is 24.8 Å². The number of benzene rings is 2. The zero-order valence-electron chi connectivity index (χ0n) is 24.3. The maximum Gasteiger partial charge on any atom is 0.338 e. The number of aromatic nitrogens is 3. The lowest BCUT2D eigenvalue weighted by atomic mass is 9.95. The number of nitrogens with one attached hydrogen (secondary N) is 1. The minimum atomic E-state index is -0.652. The SMILES string of the molecule is CCCOC(=O)C1=C(C)Nc2nc(SCc3ccccc3Cl)nn2C1c1ccc(OCC(=O)N2CCOCC2)c(OC)c1. The predicted molar refractivity (Wildman–Crippen MR) is 163 cm³/mol. The highest BCUT2D eigenvalue weighted by atomic mass is 35.5. The monoisotopic (exact) mass is 627 g/mol. The summed E-state index contributed by atoms with van der Waals surface area (Å²) in [4.78, 5) is 32.4. The summed E-state index contributed by atoms with van der Waals surface area (Å²) in [7, 11) is 1.53. The highest BCUT2D eigenvalue weighted by Gasteiger charge is 2.36. The van der Waals surface area contributed by atoms with Gasteiger partial charge in [-0.25, -0.2) is 9.48 Å². The van der Waals surface area contributed by atoms with Crippen molar-refractivity contribution in [1.82, 2.24) is 19.7 Å². The Bertz CT molecular complexity index is 1510. The summed E-state index contributed by atoms with van der Waals surface area (Å²) in [6, 6.07) is 12.3. The number of halogens is 1. The van der Waals surface area contributed by atoms with Crippen LogP contribution < -0.4 is 14.8 Å². The van der Waals surface area contributed by atoms with E-state index in [-0.39, 0.29) is 12.5 Å². The first-order valence-electron chi connectivity index (χ1n) is 14.0. The van der Waals surface area contributed by atoms with E-state index < -0.39 is 12.0 Å². The first-order chi connectivity index (χ1) is 20.9. The molecular weight excluding hydrogens is 594 g/mol. The molecule has 228 valence electrons. The molecule has 0 bridgehead atoms. The summed E-state index contributed by atoms with van der Waals surface area (Å²) in [6.45, 7) is 6.02. The molecule has 1 N–H and O–H groups in total. The van der Waals surface area contributed by atoms with E-state index in [1.165, 1.54) is 18.9 Å². The van der Waals surface area contributed by atoms with Gasteiger partial charge in [0.05, 0.1) is 32.5 Å². The molecule has 43 heavy (non-hydrogen) atoms. The van der Waals surface area contributed by atoms with E-state index >= 15 is 0 Å². The molecule has 2 aliphatic heterocycles. The quantitative estimate of drug-likeness (QED) is 0.237. The third-order valence-corrected chi connectivity index (χ3v) is 8.28. The molecule has 2 aliphatic rings. The zero-order valence-corrected chi connectivity index (χ0v) is 25.9. The number of rotatable bonds is 11. The molecule has 0 saturated carbocycles. The van der Waals surface area contributed by atoms with Crippen LogP contribution >= 0.6 is 23.4 Å². The van der Waals surface area contributed by atoms with E-state index in [1.807, 2.05) is 44.2 Å². The van der Waals surface area contributed by atoms with Gasteiger partial charge in [0, 0.05) is 29.6 Å². The van der Waals surface area contributed by atoms with E-state index in [0.29, 0.717) is 89.5 Å². The Morgan fingerprint density at radius 2 is 1.95 bits per heavy atom. The van der Waals surface area contributed by atoms with Gasteiger partial charge in [0.2, 0.25) is 11.1 Å². The lowest BCUT2D eigenvalue weighted by molar-refractivity contribution is -0.139. The number of carbonyl (C=O) groups excluding carboxylic acids is 2. The molecule has 13 heteroatoms. The van der Waals surface area contributed by atoms with Gasteiger partial charge in [-0.15, -0.1) is 5.10 Å². The predicted octanol–water partition coefficient (Wildman–Crippen LogP) is 4.71. The number of nitrogens with zero attached hydrogens (tertiary/aromatic N) is 4. The zero-order chi connectivity index (χ0) is 30.3. The van der Waals surface area contributed by atoms with E-state index in [2.05, 4.69) is 5.32 Å². The second-order valence-electron chi connectivity index (χ2n) is 9.94. The fourth-order valence-corrected chi connectivity index (χ4v) is 5.93. The summed E-state index contributed by atoms with van der Waals surface area (Å²) in [6.07, 6.45) is 0.691. The van der Waals surface area contributed by atoms with E-state index in [1.54, 1.807) is 21.7 Å². The van der Waals surface area contributed by atoms with Crippen LogP contribution in [0.1, 0.15) is 37.4 Å². The Morgan fingerprint density at radius 1 is 1.16 bits per heavy atom. The van der Waals surface area contributed by atoms with Gasteiger partial charge in [0.15, 0.2) is 18.1 Å². The third-order valence-electron chi connectivity index (χ3n) is 7.02. The standard InChI is InChI=1S/C30H34ClN5O6S/c1-4-13-41-28(38)26-19(2)32-29-33-30(43-18-21-7-5-6-8-22(21)31)34-36(29)27(26)20-9-10-23(24(16-20)39-3)42-17-25(37)35-11-14-40-15-12-35/h5-10,16,27H,4,11-15,17-18H2,1-3H3,(H,32,33,34). The Hall–Kier alpha value is -3.74. The molecule has 3 heterocycles. The van der Waals surface area contributed by atoms with Crippen molar-refractivity contribution in [3.63, 3.8) is 0 Å². The number of esters is 1. The minimum Gasteiger partial charge on any atom is -0.493 e. The number of morpholine rings is 1. The van der Waals surface area contributed by atoms with Gasteiger partial charge in [-0.05, 0) is 42.7 Å². The smallest absolute Gasteiger partial charge is 0.338 e. The lowest BCUT2D eigenvalue weighted by Crippen LogP contribution is -2.43. The van der Waals surface area contributed by atoms with Crippen molar-refractivity contribution in [1.29, 1.82) is 0 Å². The normalized spacial score (nSPS) is 16.4. The van der Waals surface area contributed by atoms with Crippen LogP contribution in [0.4, 0.5) is 5.95 Å². The van der Waals surface area contributed by atoms with Gasteiger partial charge in [-0.1, -0.05) is 54.6 Å². The lowest BCUT2D eigenvalue weighted by Gasteiger charge is -2.28. The van der Waals surface area contributed by atoms with Crippen LogP contribution in [0, 0.1) is 0 Å². The van der Waals surface area contributed by atoms with Crippen LogP contribution in [-0.4, -0.2) is 78.2 Å². The van der Waals surface area contributed by atoms with Crippen molar-refractivity contribution < 1.29 is 28.5 Å². The molecule has 0 aliphatic carbocycles. The highest BCUT2D eigenvalue weighted by Crippen LogP contribution is 2.40. The van der Waals surface area contributed by atoms with Gasteiger partial charge in [0.1, 0.15) is 6.04 Å². The Labute approximate surface area is 259 Å². The molecule has 3 aromatic rings. The number of hydrogen-bond acceptors (Lipinski definition) is 10. The maximum atomic E-state index is 13.4. The average molecular weight is 628 g/mol. The van der Waals surface area contributed by atoms with Crippen molar-refractivity contribution in [3.05, 3.63) is 69.9 Å². The maximum absolute atomic E-state index is 13.4. The molecule has 1 saturated heterocycles. The molecule has 1 unspecified atom stereocenters. The van der Waals surface area contributed by atoms with Crippen molar-refractivity contribution in [2.24, 2.45) is 0 Å². The average Bonchev–Trinajstić information content (AvgIpc) is 3.44. The first-order valence-corrected chi connectivity index (χ1v) is 15.4. The Kier molecular flexibility index (Phi) is 10.1. The van der Waals surface area contributed by atoms with Gasteiger partial charge < -0.3 is 29.2 Å². The van der Waals surface area contributed by atoms with Gasteiger partial charge in [-0.3, -0.25) is 4.79 Å². The number of thioether (sulfide) groups is 1. The summed E-state index contributed by atoms with van der Waals surface area (Å²) in [5.41, 5.74) is 2.70. The number of fused-ring (bicyclic) bond motifs is 1. The second kappa shape index (κ2) is 14.2.